The highest BCUT2D eigenvalue weighted by Gasteiger charge is 2.51. The van der Waals surface area contributed by atoms with Crippen molar-refractivity contribution in [2.75, 3.05) is 6.61 Å². The summed E-state index contributed by atoms with van der Waals surface area (Å²) in [6, 6.07) is 10.1. The molecule has 0 bridgehead atoms. The van der Waals surface area contributed by atoms with Crippen molar-refractivity contribution in [3.63, 3.8) is 0 Å². The van der Waals surface area contributed by atoms with Crippen LogP contribution in [0.1, 0.15) is 31.4 Å². The highest BCUT2D eigenvalue weighted by molar-refractivity contribution is 7.92. The first-order valence-corrected chi connectivity index (χ1v) is 11.6. The maximum Gasteiger partial charge on any atom is 0.280 e. The van der Waals surface area contributed by atoms with Crippen LogP contribution in [-0.2, 0) is 26.0 Å². The molecule has 174 valence electrons. The van der Waals surface area contributed by atoms with E-state index in [-0.39, 0.29) is 30.3 Å². The number of hydroxylamine groups is 2. The van der Waals surface area contributed by atoms with E-state index >= 15 is 0 Å². The number of sulfone groups is 1. The molecule has 0 aromatic heterocycles. The molecule has 1 fully saturated rings. The second-order valence-electron chi connectivity index (χ2n) is 8.26. The van der Waals surface area contributed by atoms with Crippen LogP contribution in [0.5, 0.6) is 5.75 Å². The van der Waals surface area contributed by atoms with Crippen LogP contribution in [0, 0.1) is 18.7 Å². The van der Waals surface area contributed by atoms with Gasteiger partial charge in [0.1, 0.15) is 18.2 Å². The molecular weight excluding hydrogens is 441 g/mol. The van der Waals surface area contributed by atoms with Crippen LogP contribution >= 0.6 is 0 Å². The SMILES string of the molecule is Cc1cc(F)ccc1COc1ccc(S(=O)(=O)C2CCOC(C)(C)C2C(=O)N(O)O)cc1. The third-order valence-corrected chi connectivity index (χ3v) is 7.94. The van der Waals surface area contributed by atoms with Gasteiger partial charge >= 0.3 is 0 Å². The van der Waals surface area contributed by atoms with Gasteiger partial charge < -0.3 is 9.47 Å². The molecule has 2 unspecified atom stereocenters. The fourth-order valence-corrected chi connectivity index (χ4v) is 6.01. The summed E-state index contributed by atoms with van der Waals surface area (Å²) < 4.78 is 51.1. The average molecular weight is 468 g/mol. The van der Waals surface area contributed by atoms with Crippen molar-refractivity contribution in [1.29, 1.82) is 0 Å². The number of halogens is 1. The van der Waals surface area contributed by atoms with Crippen LogP contribution in [-0.4, -0.2) is 47.4 Å². The van der Waals surface area contributed by atoms with Gasteiger partial charge in [0.25, 0.3) is 5.91 Å². The summed E-state index contributed by atoms with van der Waals surface area (Å²) in [5, 5.41) is 16.7. The molecular formula is C22H26FNO7S. The molecule has 10 heteroatoms. The lowest BCUT2D eigenvalue weighted by Gasteiger charge is -2.42. The number of carbonyl (C=O) groups is 1. The molecule has 1 saturated heterocycles. The van der Waals surface area contributed by atoms with Gasteiger partial charge in [-0.2, -0.15) is 0 Å². The normalized spacial score (nSPS) is 20.6. The lowest BCUT2D eigenvalue weighted by Crippen LogP contribution is -2.56. The van der Waals surface area contributed by atoms with Crippen molar-refractivity contribution >= 4 is 15.7 Å². The monoisotopic (exact) mass is 467 g/mol. The second kappa shape index (κ2) is 9.14. The van der Waals surface area contributed by atoms with Gasteiger partial charge in [-0.1, -0.05) is 11.3 Å². The zero-order valence-corrected chi connectivity index (χ0v) is 18.8. The van der Waals surface area contributed by atoms with E-state index < -0.39 is 37.7 Å². The van der Waals surface area contributed by atoms with Crippen LogP contribution in [0.25, 0.3) is 0 Å². The Labute approximate surface area is 186 Å². The van der Waals surface area contributed by atoms with Crippen molar-refractivity contribution in [1.82, 2.24) is 5.23 Å². The van der Waals surface area contributed by atoms with Crippen LogP contribution < -0.4 is 4.74 Å². The minimum Gasteiger partial charge on any atom is -0.489 e. The standard InChI is InChI=1S/C22H26FNO7S/c1-14-12-16(23)5-4-15(14)13-30-17-6-8-18(9-7-17)32(28,29)19-10-11-31-22(2,3)20(19)21(25)24(26)27/h4-9,12,19-20,26-27H,10-11,13H2,1-3H3. The molecule has 3 rings (SSSR count). The predicted molar refractivity (Wildman–Crippen MR) is 111 cm³/mol. The Kier molecular flexibility index (Phi) is 6.89. The zero-order valence-electron chi connectivity index (χ0n) is 18.0. The molecule has 1 aliphatic heterocycles. The lowest BCUT2D eigenvalue weighted by molar-refractivity contribution is -0.293. The van der Waals surface area contributed by atoms with E-state index in [0.29, 0.717) is 5.75 Å². The Morgan fingerprint density at radius 3 is 2.47 bits per heavy atom. The topological polar surface area (TPSA) is 113 Å². The third kappa shape index (κ3) is 4.93. The third-order valence-electron chi connectivity index (χ3n) is 5.71. The van der Waals surface area contributed by atoms with E-state index in [9.17, 15) is 28.0 Å². The van der Waals surface area contributed by atoms with Gasteiger partial charge in [0.15, 0.2) is 9.84 Å². The van der Waals surface area contributed by atoms with Crippen molar-refractivity contribution in [3.8, 4) is 5.75 Å². The number of nitrogens with zero attached hydrogens (tertiary/aromatic N) is 1. The Balaban J connectivity index is 1.81. The summed E-state index contributed by atoms with van der Waals surface area (Å²) in [5.74, 6) is -2.38. The summed E-state index contributed by atoms with van der Waals surface area (Å²) in [6.45, 7) is 5.14. The molecule has 2 aromatic carbocycles. The van der Waals surface area contributed by atoms with Gasteiger partial charge in [-0.3, -0.25) is 15.2 Å². The minimum atomic E-state index is -4.00. The summed E-state index contributed by atoms with van der Waals surface area (Å²) in [4.78, 5) is 12.3. The molecule has 8 nitrogen and oxygen atoms in total. The highest BCUT2D eigenvalue weighted by atomic mass is 32.2. The van der Waals surface area contributed by atoms with E-state index in [2.05, 4.69) is 0 Å². The first-order valence-electron chi connectivity index (χ1n) is 10.0. The average Bonchev–Trinajstić information content (AvgIpc) is 2.72. The van der Waals surface area contributed by atoms with Gasteiger partial charge in [-0.05, 0) is 74.7 Å². The molecule has 1 aliphatic rings. The number of rotatable bonds is 6. The molecule has 2 atom stereocenters. The molecule has 1 amide bonds. The van der Waals surface area contributed by atoms with E-state index in [1.807, 2.05) is 0 Å². The van der Waals surface area contributed by atoms with Crippen molar-refractivity contribution in [2.24, 2.45) is 5.92 Å². The van der Waals surface area contributed by atoms with E-state index in [1.54, 1.807) is 13.0 Å². The fourth-order valence-electron chi connectivity index (χ4n) is 3.94. The quantitative estimate of drug-likeness (QED) is 0.495. The largest absolute Gasteiger partial charge is 0.489 e. The predicted octanol–water partition coefficient (Wildman–Crippen LogP) is 3.28. The first-order chi connectivity index (χ1) is 14.9. The van der Waals surface area contributed by atoms with Gasteiger partial charge in [0, 0.05) is 6.61 Å². The van der Waals surface area contributed by atoms with Gasteiger partial charge in [0.2, 0.25) is 0 Å². The molecule has 0 spiro atoms. The summed E-state index contributed by atoms with van der Waals surface area (Å²) in [7, 11) is -4.00. The number of benzene rings is 2. The lowest BCUT2D eigenvalue weighted by atomic mass is 9.83. The maximum absolute atomic E-state index is 13.3. The van der Waals surface area contributed by atoms with Gasteiger partial charge in [-0.15, -0.1) is 0 Å². The number of carbonyl (C=O) groups excluding carboxylic acids is 1. The summed E-state index contributed by atoms with van der Waals surface area (Å²) in [5.41, 5.74) is 0.322. The van der Waals surface area contributed by atoms with E-state index in [0.717, 1.165) is 11.1 Å². The molecule has 2 aromatic rings. The van der Waals surface area contributed by atoms with Crippen molar-refractivity contribution in [2.45, 2.75) is 49.5 Å². The first kappa shape index (κ1) is 24.1. The molecule has 0 aliphatic carbocycles. The van der Waals surface area contributed by atoms with Gasteiger partial charge in [-0.25, -0.2) is 12.8 Å². The summed E-state index contributed by atoms with van der Waals surface area (Å²) >= 11 is 0. The molecule has 2 N–H and O–H groups in total. The highest BCUT2D eigenvalue weighted by Crippen LogP contribution is 2.38. The molecule has 1 heterocycles. The van der Waals surface area contributed by atoms with Crippen molar-refractivity contribution < 1.29 is 37.5 Å². The van der Waals surface area contributed by atoms with Crippen LogP contribution in [0.2, 0.25) is 0 Å². The maximum atomic E-state index is 13.3. The Morgan fingerprint density at radius 1 is 1.22 bits per heavy atom. The number of hydrogen-bond donors (Lipinski definition) is 2. The van der Waals surface area contributed by atoms with Crippen LogP contribution in [0.15, 0.2) is 47.4 Å². The molecule has 0 radical (unpaired) electrons. The Hall–Kier alpha value is -2.53. The van der Waals surface area contributed by atoms with Crippen molar-refractivity contribution in [3.05, 3.63) is 59.4 Å². The van der Waals surface area contributed by atoms with E-state index in [1.165, 1.54) is 50.2 Å². The summed E-state index contributed by atoms with van der Waals surface area (Å²) in [6.07, 6.45) is 0.0259. The number of ether oxygens (including phenoxy) is 2. The minimum absolute atomic E-state index is 0.0225. The van der Waals surface area contributed by atoms with Crippen LogP contribution in [0.4, 0.5) is 4.39 Å². The van der Waals surface area contributed by atoms with Crippen LogP contribution in [0.3, 0.4) is 0 Å². The fraction of sp³-hybridized carbons (Fsp3) is 0.409. The number of hydrogen-bond acceptors (Lipinski definition) is 7. The Morgan fingerprint density at radius 2 is 1.88 bits per heavy atom. The smallest absolute Gasteiger partial charge is 0.280 e. The second-order valence-corrected chi connectivity index (χ2v) is 10.4. The number of amides is 1. The zero-order chi connectivity index (χ0) is 23.7. The van der Waals surface area contributed by atoms with E-state index in [4.69, 9.17) is 9.47 Å². The van der Waals surface area contributed by atoms with Gasteiger partial charge in [0.05, 0.1) is 21.7 Å². The number of aryl methyl sites for hydroxylation is 1. The molecule has 0 saturated carbocycles. The Bertz CT molecular complexity index is 1080. The molecule has 32 heavy (non-hydrogen) atoms.